The maximum absolute atomic E-state index is 12.4. The molecule has 132 valence electrons. The van der Waals surface area contributed by atoms with Crippen LogP contribution >= 0.6 is 11.8 Å². The molecule has 0 aliphatic heterocycles. The van der Waals surface area contributed by atoms with Gasteiger partial charge >= 0.3 is 5.97 Å². The first-order chi connectivity index (χ1) is 12.6. The number of thioether (sulfide) groups is 1. The average Bonchev–Trinajstić information content (AvgIpc) is 2.67. The summed E-state index contributed by atoms with van der Waals surface area (Å²) in [4.78, 5) is 25.5. The summed E-state index contributed by atoms with van der Waals surface area (Å²) in [6.07, 6.45) is 0.992. The van der Waals surface area contributed by atoms with Crippen LogP contribution in [0.4, 0.5) is 5.69 Å². The van der Waals surface area contributed by atoms with Crippen LogP contribution in [0.5, 0.6) is 0 Å². The van der Waals surface area contributed by atoms with Gasteiger partial charge in [-0.1, -0.05) is 42.5 Å². The highest BCUT2D eigenvalue weighted by atomic mass is 32.2. The van der Waals surface area contributed by atoms with Crippen LogP contribution in [0.15, 0.2) is 71.6 Å². The van der Waals surface area contributed by atoms with Crippen molar-refractivity contribution in [3.05, 3.63) is 72.3 Å². The van der Waals surface area contributed by atoms with E-state index in [4.69, 9.17) is 4.74 Å². The zero-order valence-corrected chi connectivity index (χ0v) is 15.4. The molecule has 0 spiro atoms. The van der Waals surface area contributed by atoms with E-state index in [-0.39, 0.29) is 5.91 Å². The molecule has 3 rings (SSSR count). The lowest BCUT2D eigenvalue weighted by Gasteiger charge is -2.15. The number of anilines is 1. The molecule has 5 heteroatoms. The van der Waals surface area contributed by atoms with E-state index in [1.54, 1.807) is 19.1 Å². The van der Waals surface area contributed by atoms with Crippen LogP contribution in [-0.2, 0) is 9.53 Å². The Hall–Kier alpha value is -2.79. The van der Waals surface area contributed by atoms with Gasteiger partial charge in [0, 0.05) is 10.6 Å². The van der Waals surface area contributed by atoms with Crippen LogP contribution in [-0.4, -0.2) is 24.2 Å². The van der Waals surface area contributed by atoms with Crippen LogP contribution in [0.3, 0.4) is 0 Å². The van der Waals surface area contributed by atoms with Crippen molar-refractivity contribution in [3.63, 3.8) is 0 Å². The minimum atomic E-state index is -0.899. The lowest BCUT2D eigenvalue weighted by atomic mass is 10.1. The zero-order chi connectivity index (χ0) is 18.5. The molecule has 1 amide bonds. The number of benzene rings is 3. The molecule has 0 fully saturated rings. The van der Waals surface area contributed by atoms with Crippen LogP contribution < -0.4 is 5.32 Å². The van der Waals surface area contributed by atoms with Gasteiger partial charge in [-0.05, 0) is 48.2 Å². The molecule has 0 saturated heterocycles. The summed E-state index contributed by atoms with van der Waals surface area (Å²) in [5, 5.41) is 4.93. The van der Waals surface area contributed by atoms with E-state index >= 15 is 0 Å². The molecule has 0 saturated carbocycles. The van der Waals surface area contributed by atoms with Crippen molar-refractivity contribution in [1.82, 2.24) is 0 Å². The van der Waals surface area contributed by atoms with Crippen molar-refractivity contribution in [2.75, 3.05) is 11.6 Å². The largest absolute Gasteiger partial charge is 0.449 e. The van der Waals surface area contributed by atoms with Crippen molar-refractivity contribution < 1.29 is 14.3 Å². The number of fused-ring (bicyclic) bond motifs is 1. The van der Waals surface area contributed by atoms with Gasteiger partial charge in [-0.3, -0.25) is 4.79 Å². The lowest BCUT2D eigenvalue weighted by molar-refractivity contribution is -0.123. The maximum Gasteiger partial charge on any atom is 0.340 e. The van der Waals surface area contributed by atoms with Gasteiger partial charge in [-0.15, -0.1) is 11.8 Å². The molecular formula is C21H19NO3S. The van der Waals surface area contributed by atoms with E-state index in [1.807, 2.05) is 60.9 Å². The Morgan fingerprint density at radius 2 is 1.65 bits per heavy atom. The number of hydrogen-bond acceptors (Lipinski definition) is 4. The summed E-state index contributed by atoms with van der Waals surface area (Å²) in [6, 6.07) is 20.7. The van der Waals surface area contributed by atoms with Gasteiger partial charge in [0.05, 0.1) is 5.56 Å². The summed E-state index contributed by atoms with van der Waals surface area (Å²) in [5.74, 6) is -0.869. The summed E-state index contributed by atoms with van der Waals surface area (Å²) in [7, 11) is 0. The maximum atomic E-state index is 12.4. The van der Waals surface area contributed by atoms with Gasteiger partial charge in [-0.2, -0.15) is 0 Å². The summed E-state index contributed by atoms with van der Waals surface area (Å²) < 4.78 is 5.34. The van der Waals surface area contributed by atoms with Crippen LogP contribution in [0, 0.1) is 0 Å². The Bertz CT molecular complexity index is 955. The second-order valence-electron chi connectivity index (χ2n) is 5.80. The van der Waals surface area contributed by atoms with E-state index in [0.717, 1.165) is 15.7 Å². The van der Waals surface area contributed by atoms with Crippen LogP contribution in [0.25, 0.3) is 10.8 Å². The lowest BCUT2D eigenvalue weighted by Crippen LogP contribution is -2.30. The standard InChI is InChI=1S/C21H19NO3S/c1-14(25-21(24)18-9-5-6-10-19(18)26-2)20(23)22-17-12-11-15-7-3-4-8-16(15)13-17/h3-14H,1-2H3,(H,22,23)/t14-/m1/s1. The summed E-state index contributed by atoms with van der Waals surface area (Å²) >= 11 is 1.46. The number of esters is 1. The van der Waals surface area contributed by atoms with Gasteiger partial charge in [0.15, 0.2) is 6.10 Å². The van der Waals surface area contributed by atoms with Gasteiger partial charge < -0.3 is 10.1 Å². The smallest absolute Gasteiger partial charge is 0.340 e. The number of nitrogens with one attached hydrogen (secondary N) is 1. The molecule has 0 aromatic heterocycles. The number of ether oxygens (including phenoxy) is 1. The molecular weight excluding hydrogens is 346 g/mol. The van der Waals surface area contributed by atoms with Crippen molar-refractivity contribution in [3.8, 4) is 0 Å². The van der Waals surface area contributed by atoms with Gasteiger partial charge in [-0.25, -0.2) is 4.79 Å². The first-order valence-corrected chi connectivity index (χ1v) is 9.44. The molecule has 26 heavy (non-hydrogen) atoms. The highest BCUT2D eigenvalue weighted by Crippen LogP contribution is 2.22. The Kier molecular flexibility index (Phi) is 5.58. The van der Waals surface area contributed by atoms with E-state index in [2.05, 4.69) is 5.32 Å². The molecule has 0 radical (unpaired) electrons. The first kappa shape index (κ1) is 18.0. The molecule has 1 atom stereocenters. The minimum absolute atomic E-state index is 0.365. The normalized spacial score (nSPS) is 11.8. The number of rotatable bonds is 5. The predicted octanol–water partition coefficient (Wildman–Crippen LogP) is 4.75. The van der Waals surface area contributed by atoms with Crippen molar-refractivity contribution >= 4 is 40.1 Å². The Balaban J connectivity index is 1.68. The zero-order valence-electron chi connectivity index (χ0n) is 14.6. The Morgan fingerprint density at radius 1 is 0.962 bits per heavy atom. The quantitative estimate of drug-likeness (QED) is 0.524. The number of carbonyl (C=O) groups is 2. The molecule has 0 unspecified atom stereocenters. The Labute approximate surface area is 156 Å². The highest BCUT2D eigenvalue weighted by molar-refractivity contribution is 7.98. The van der Waals surface area contributed by atoms with Gasteiger partial charge in [0.2, 0.25) is 0 Å². The molecule has 1 N–H and O–H groups in total. The fourth-order valence-electron chi connectivity index (χ4n) is 2.60. The van der Waals surface area contributed by atoms with Crippen LogP contribution in [0.1, 0.15) is 17.3 Å². The van der Waals surface area contributed by atoms with Gasteiger partial charge in [0.25, 0.3) is 5.91 Å². The monoisotopic (exact) mass is 365 g/mol. The number of carbonyl (C=O) groups excluding carboxylic acids is 2. The second kappa shape index (κ2) is 8.06. The molecule has 4 nitrogen and oxygen atoms in total. The van der Waals surface area contributed by atoms with E-state index in [9.17, 15) is 9.59 Å². The fourth-order valence-corrected chi connectivity index (χ4v) is 3.19. The minimum Gasteiger partial charge on any atom is -0.449 e. The average molecular weight is 365 g/mol. The molecule has 0 aliphatic rings. The number of hydrogen-bond donors (Lipinski definition) is 1. The summed E-state index contributed by atoms with van der Waals surface area (Å²) in [5.41, 5.74) is 1.13. The molecule has 0 aliphatic carbocycles. The van der Waals surface area contributed by atoms with Crippen molar-refractivity contribution in [2.45, 2.75) is 17.9 Å². The predicted molar refractivity (Wildman–Crippen MR) is 106 cm³/mol. The van der Waals surface area contributed by atoms with Crippen molar-refractivity contribution in [1.29, 1.82) is 0 Å². The molecule has 0 heterocycles. The third-order valence-corrected chi connectivity index (χ3v) is 4.79. The fraction of sp³-hybridized carbons (Fsp3) is 0.143. The molecule has 0 bridgehead atoms. The van der Waals surface area contributed by atoms with E-state index in [1.165, 1.54) is 11.8 Å². The SMILES string of the molecule is CSc1ccccc1C(=O)O[C@H](C)C(=O)Nc1ccc2ccccc2c1. The van der Waals surface area contributed by atoms with Crippen LogP contribution in [0.2, 0.25) is 0 Å². The highest BCUT2D eigenvalue weighted by Gasteiger charge is 2.20. The Morgan fingerprint density at radius 3 is 2.42 bits per heavy atom. The third kappa shape index (κ3) is 4.06. The molecule has 3 aromatic carbocycles. The van der Waals surface area contributed by atoms with Crippen molar-refractivity contribution in [2.24, 2.45) is 0 Å². The molecule has 3 aromatic rings. The second-order valence-corrected chi connectivity index (χ2v) is 6.65. The van der Waals surface area contributed by atoms with E-state index < -0.39 is 12.1 Å². The summed E-state index contributed by atoms with van der Waals surface area (Å²) in [6.45, 7) is 1.57. The third-order valence-electron chi connectivity index (χ3n) is 4.00. The topological polar surface area (TPSA) is 55.4 Å². The van der Waals surface area contributed by atoms with E-state index in [0.29, 0.717) is 11.3 Å². The number of amides is 1. The van der Waals surface area contributed by atoms with Gasteiger partial charge in [0.1, 0.15) is 0 Å². The first-order valence-electron chi connectivity index (χ1n) is 8.22.